The predicted molar refractivity (Wildman–Crippen MR) is 74.1 cm³/mol. The molecule has 1 atom stereocenters. The lowest BCUT2D eigenvalue weighted by Gasteiger charge is -2.14. The van der Waals surface area contributed by atoms with Gasteiger partial charge in [-0.1, -0.05) is 22.9 Å². The zero-order chi connectivity index (χ0) is 13.8. The van der Waals surface area contributed by atoms with Gasteiger partial charge in [-0.25, -0.2) is 0 Å². The van der Waals surface area contributed by atoms with Crippen LogP contribution in [0.1, 0.15) is 18.2 Å². The third-order valence-electron chi connectivity index (χ3n) is 2.71. The molecule has 19 heavy (non-hydrogen) atoms. The van der Waals surface area contributed by atoms with Crippen LogP contribution in [0.3, 0.4) is 0 Å². The number of carbonyl (C=O) groups is 1. The Bertz CT molecular complexity index is 560. The first-order valence-electron chi connectivity index (χ1n) is 6.12. The molecule has 0 fully saturated rings. The second-order valence-corrected chi connectivity index (χ2v) is 4.54. The molecule has 2 rings (SSSR count). The van der Waals surface area contributed by atoms with Crippen LogP contribution in [0.5, 0.6) is 0 Å². The predicted octanol–water partition coefficient (Wildman–Crippen LogP) is 2.73. The molecule has 0 aliphatic carbocycles. The topological polar surface area (TPSA) is 67.2 Å². The fraction of sp³-hybridized carbons (Fsp3) is 0.286. The van der Waals surface area contributed by atoms with Crippen LogP contribution >= 0.6 is 0 Å². The van der Waals surface area contributed by atoms with E-state index in [2.05, 4.69) is 15.8 Å². The first kappa shape index (κ1) is 13.1. The van der Waals surface area contributed by atoms with Crippen molar-refractivity contribution in [3.8, 4) is 0 Å². The molecular formula is C14H17N3O2. The van der Waals surface area contributed by atoms with E-state index in [0.29, 0.717) is 11.6 Å². The van der Waals surface area contributed by atoms with Gasteiger partial charge < -0.3 is 15.2 Å². The van der Waals surface area contributed by atoms with Crippen LogP contribution in [0.15, 0.2) is 34.9 Å². The molecule has 0 unspecified atom stereocenters. The summed E-state index contributed by atoms with van der Waals surface area (Å²) in [5, 5.41) is 9.54. The molecule has 0 bridgehead atoms. The molecule has 0 saturated carbocycles. The van der Waals surface area contributed by atoms with Crippen molar-refractivity contribution in [1.82, 2.24) is 5.16 Å². The summed E-state index contributed by atoms with van der Waals surface area (Å²) in [4.78, 5) is 11.9. The van der Waals surface area contributed by atoms with Crippen molar-refractivity contribution in [2.24, 2.45) is 0 Å². The third-order valence-corrected chi connectivity index (χ3v) is 2.71. The van der Waals surface area contributed by atoms with Crippen molar-refractivity contribution in [3.63, 3.8) is 0 Å². The summed E-state index contributed by atoms with van der Waals surface area (Å²) >= 11 is 0. The van der Waals surface area contributed by atoms with Gasteiger partial charge in [0.1, 0.15) is 11.8 Å². The van der Waals surface area contributed by atoms with E-state index in [1.807, 2.05) is 31.2 Å². The van der Waals surface area contributed by atoms with Crippen LogP contribution in [0.25, 0.3) is 0 Å². The Labute approximate surface area is 112 Å². The van der Waals surface area contributed by atoms with E-state index in [1.165, 1.54) is 5.56 Å². The molecular weight excluding hydrogens is 242 g/mol. The molecule has 0 aliphatic heterocycles. The summed E-state index contributed by atoms with van der Waals surface area (Å²) < 4.78 is 4.89. The highest BCUT2D eigenvalue weighted by Crippen LogP contribution is 2.12. The van der Waals surface area contributed by atoms with Gasteiger partial charge in [-0.05, 0) is 32.9 Å². The summed E-state index contributed by atoms with van der Waals surface area (Å²) in [6.07, 6.45) is 0. The summed E-state index contributed by atoms with van der Waals surface area (Å²) in [6, 6.07) is 9.19. The minimum Gasteiger partial charge on any atom is -0.374 e. The van der Waals surface area contributed by atoms with Crippen molar-refractivity contribution in [1.29, 1.82) is 0 Å². The van der Waals surface area contributed by atoms with Gasteiger partial charge in [0.25, 0.3) is 0 Å². The lowest BCUT2D eigenvalue weighted by molar-refractivity contribution is -0.116. The monoisotopic (exact) mass is 259 g/mol. The van der Waals surface area contributed by atoms with Crippen molar-refractivity contribution in [2.75, 3.05) is 10.6 Å². The molecule has 1 aromatic carbocycles. The Kier molecular flexibility index (Phi) is 3.85. The number of aromatic nitrogens is 1. The molecule has 1 amide bonds. The van der Waals surface area contributed by atoms with Crippen LogP contribution in [0.4, 0.5) is 11.5 Å². The average molecular weight is 259 g/mol. The average Bonchev–Trinajstić information content (AvgIpc) is 2.77. The number of nitrogens with zero attached hydrogens (tertiary/aromatic N) is 1. The molecule has 5 nitrogen and oxygen atoms in total. The second-order valence-electron chi connectivity index (χ2n) is 4.54. The maximum absolute atomic E-state index is 11.9. The number of hydrogen-bond donors (Lipinski definition) is 2. The van der Waals surface area contributed by atoms with E-state index in [4.69, 9.17) is 4.52 Å². The lowest BCUT2D eigenvalue weighted by atomic mass is 10.2. The molecule has 2 aromatic rings. The van der Waals surface area contributed by atoms with Gasteiger partial charge in [0.15, 0.2) is 5.82 Å². The van der Waals surface area contributed by atoms with Crippen LogP contribution in [0, 0.1) is 13.8 Å². The standard InChI is InChI=1S/C14H17N3O2/c1-9-4-6-12(7-5-9)15-11(3)14(18)16-13-8-10(2)19-17-13/h4-8,11,15H,1-3H3,(H,16,17,18)/t11-/m0/s1. The molecule has 2 N–H and O–H groups in total. The zero-order valence-corrected chi connectivity index (χ0v) is 11.2. The van der Waals surface area contributed by atoms with Crippen molar-refractivity contribution in [2.45, 2.75) is 26.8 Å². The molecule has 100 valence electrons. The Morgan fingerprint density at radius 3 is 2.53 bits per heavy atom. The van der Waals surface area contributed by atoms with E-state index < -0.39 is 0 Å². The number of benzene rings is 1. The smallest absolute Gasteiger partial charge is 0.247 e. The fourth-order valence-electron chi connectivity index (χ4n) is 1.63. The zero-order valence-electron chi connectivity index (χ0n) is 11.2. The summed E-state index contributed by atoms with van der Waals surface area (Å²) in [5.74, 6) is 0.934. The fourth-order valence-corrected chi connectivity index (χ4v) is 1.63. The first-order valence-corrected chi connectivity index (χ1v) is 6.12. The van der Waals surface area contributed by atoms with Crippen molar-refractivity contribution >= 4 is 17.4 Å². The maximum atomic E-state index is 11.9. The van der Waals surface area contributed by atoms with Crippen LogP contribution in [-0.4, -0.2) is 17.1 Å². The van der Waals surface area contributed by atoms with Crippen molar-refractivity contribution in [3.05, 3.63) is 41.7 Å². The second kappa shape index (κ2) is 5.56. The first-order chi connectivity index (χ1) is 9.04. The van der Waals surface area contributed by atoms with E-state index in [-0.39, 0.29) is 11.9 Å². The van der Waals surface area contributed by atoms with Gasteiger partial charge in [0, 0.05) is 11.8 Å². The number of nitrogens with one attached hydrogen (secondary N) is 2. The van der Waals surface area contributed by atoms with E-state index in [1.54, 1.807) is 19.9 Å². The molecule has 5 heteroatoms. The van der Waals surface area contributed by atoms with Gasteiger partial charge in [-0.15, -0.1) is 0 Å². The quantitative estimate of drug-likeness (QED) is 0.886. The van der Waals surface area contributed by atoms with E-state index in [0.717, 1.165) is 5.69 Å². The summed E-state index contributed by atoms with van der Waals surface area (Å²) in [7, 11) is 0. The maximum Gasteiger partial charge on any atom is 0.247 e. The Balaban J connectivity index is 1.94. The van der Waals surface area contributed by atoms with E-state index >= 15 is 0 Å². The Morgan fingerprint density at radius 2 is 1.95 bits per heavy atom. The van der Waals surface area contributed by atoms with Gasteiger partial charge in [0.2, 0.25) is 5.91 Å². The van der Waals surface area contributed by atoms with Gasteiger partial charge in [0.05, 0.1) is 0 Å². The van der Waals surface area contributed by atoms with Crippen LogP contribution in [-0.2, 0) is 4.79 Å². The van der Waals surface area contributed by atoms with Gasteiger partial charge in [-0.3, -0.25) is 4.79 Å². The van der Waals surface area contributed by atoms with Crippen molar-refractivity contribution < 1.29 is 9.32 Å². The normalized spacial score (nSPS) is 11.9. The molecule has 0 spiro atoms. The minimum atomic E-state index is -0.361. The molecule has 0 saturated heterocycles. The minimum absolute atomic E-state index is 0.158. The number of anilines is 2. The molecule has 1 aromatic heterocycles. The number of aryl methyl sites for hydroxylation is 2. The summed E-state index contributed by atoms with van der Waals surface area (Å²) in [5.41, 5.74) is 2.09. The van der Waals surface area contributed by atoms with Crippen LogP contribution in [0.2, 0.25) is 0 Å². The van der Waals surface area contributed by atoms with Gasteiger partial charge in [-0.2, -0.15) is 0 Å². The Hall–Kier alpha value is -2.30. The largest absolute Gasteiger partial charge is 0.374 e. The van der Waals surface area contributed by atoms with Crippen LogP contribution < -0.4 is 10.6 Å². The number of amides is 1. The number of carbonyl (C=O) groups excluding carboxylic acids is 1. The number of rotatable bonds is 4. The Morgan fingerprint density at radius 1 is 1.26 bits per heavy atom. The highest BCUT2D eigenvalue weighted by Gasteiger charge is 2.14. The molecule has 0 aliphatic rings. The molecule has 1 heterocycles. The van der Waals surface area contributed by atoms with Gasteiger partial charge >= 0.3 is 0 Å². The lowest BCUT2D eigenvalue weighted by Crippen LogP contribution is -2.31. The SMILES string of the molecule is Cc1ccc(N[C@@H](C)C(=O)Nc2cc(C)on2)cc1. The number of hydrogen-bond acceptors (Lipinski definition) is 4. The van der Waals surface area contributed by atoms with E-state index in [9.17, 15) is 4.79 Å². The highest BCUT2D eigenvalue weighted by molar-refractivity contribution is 5.95. The molecule has 0 radical (unpaired) electrons. The highest BCUT2D eigenvalue weighted by atomic mass is 16.5. The third kappa shape index (κ3) is 3.58. The summed E-state index contributed by atoms with van der Waals surface area (Å²) in [6.45, 7) is 5.59.